The van der Waals surface area contributed by atoms with E-state index >= 15 is 0 Å². The van der Waals surface area contributed by atoms with Crippen molar-refractivity contribution in [2.45, 2.75) is 52.0 Å². The Hall–Kier alpha value is -1.36. The van der Waals surface area contributed by atoms with E-state index in [2.05, 4.69) is 24.5 Å². The van der Waals surface area contributed by atoms with Crippen LogP contribution in [0.5, 0.6) is 0 Å². The van der Waals surface area contributed by atoms with Crippen LogP contribution in [0.15, 0.2) is 17.5 Å². The van der Waals surface area contributed by atoms with Gasteiger partial charge in [0.15, 0.2) is 0 Å². The highest BCUT2D eigenvalue weighted by Crippen LogP contribution is 2.29. The van der Waals surface area contributed by atoms with Crippen molar-refractivity contribution in [3.63, 3.8) is 0 Å². The molecular formula is C17H26N2O2S. The van der Waals surface area contributed by atoms with Crippen molar-refractivity contribution < 1.29 is 9.59 Å². The Morgan fingerprint density at radius 1 is 1.32 bits per heavy atom. The molecule has 4 nitrogen and oxygen atoms in total. The van der Waals surface area contributed by atoms with E-state index in [1.807, 2.05) is 11.4 Å². The lowest BCUT2D eigenvalue weighted by Gasteiger charge is -2.34. The summed E-state index contributed by atoms with van der Waals surface area (Å²) in [4.78, 5) is 24.5. The number of carbonyl (C=O) groups excluding carboxylic acids is 2. The molecule has 22 heavy (non-hydrogen) atoms. The van der Waals surface area contributed by atoms with Crippen LogP contribution in [0, 0.1) is 11.8 Å². The predicted molar refractivity (Wildman–Crippen MR) is 90.0 cm³/mol. The third-order valence-corrected chi connectivity index (χ3v) is 5.53. The molecule has 1 aliphatic carbocycles. The molecule has 0 spiro atoms. The molecular weight excluding hydrogens is 296 g/mol. The summed E-state index contributed by atoms with van der Waals surface area (Å²) in [6, 6.07) is 3.98. The average Bonchev–Trinajstić information content (AvgIpc) is 3.02. The molecule has 1 aliphatic rings. The summed E-state index contributed by atoms with van der Waals surface area (Å²) in [5, 5.41) is 7.90. The molecule has 1 aromatic rings. The summed E-state index contributed by atoms with van der Waals surface area (Å²) in [6.45, 7) is 5.04. The van der Waals surface area contributed by atoms with E-state index in [1.165, 1.54) is 24.2 Å². The van der Waals surface area contributed by atoms with Crippen LogP contribution in [0.4, 0.5) is 0 Å². The maximum absolute atomic E-state index is 12.0. The largest absolute Gasteiger partial charge is 0.353 e. The molecule has 3 atom stereocenters. The summed E-state index contributed by atoms with van der Waals surface area (Å²) in [5.41, 5.74) is 0. The second-order valence-electron chi connectivity index (χ2n) is 6.28. The van der Waals surface area contributed by atoms with Gasteiger partial charge in [0.05, 0.1) is 4.88 Å². The molecule has 0 aromatic carbocycles. The topological polar surface area (TPSA) is 58.2 Å². The summed E-state index contributed by atoms with van der Waals surface area (Å²) < 4.78 is 0. The highest BCUT2D eigenvalue weighted by Gasteiger charge is 2.27. The van der Waals surface area contributed by atoms with Crippen LogP contribution < -0.4 is 10.6 Å². The van der Waals surface area contributed by atoms with E-state index in [9.17, 15) is 9.59 Å². The van der Waals surface area contributed by atoms with Crippen LogP contribution in [-0.4, -0.2) is 24.4 Å². The zero-order chi connectivity index (χ0) is 15.9. The number of nitrogens with one attached hydrogen (secondary N) is 2. The Bertz CT molecular complexity index is 487. The second-order valence-corrected chi connectivity index (χ2v) is 7.23. The Morgan fingerprint density at radius 3 is 2.86 bits per heavy atom. The monoisotopic (exact) mass is 322 g/mol. The number of hydrogen-bond acceptors (Lipinski definition) is 3. The highest BCUT2D eigenvalue weighted by atomic mass is 32.1. The van der Waals surface area contributed by atoms with Gasteiger partial charge < -0.3 is 10.6 Å². The first-order valence-electron chi connectivity index (χ1n) is 8.19. The quantitative estimate of drug-likeness (QED) is 0.790. The fourth-order valence-electron chi connectivity index (χ4n) is 3.01. The molecule has 2 rings (SSSR count). The van der Waals surface area contributed by atoms with Crippen molar-refractivity contribution >= 4 is 23.2 Å². The minimum atomic E-state index is -0.0508. The molecule has 1 fully saturated rings. The van der Waals surface area contributed by atoms with E-state index in [-0.39, 0.29) is 11.8 Å². The molecule has 3 unspecified atom stereocenters. The molecule has 0 aliphatic heterocycles. The number of hydrogen-bond donors (Lipinski definition) is 2. The van der Waals surface area contributed by atoms with E-state index in [0.717, 1.165) is 11.3 Å². The van der Waals surface area contributed by atoms with Gasteiger partial charge in [-0.3, -0.25) is 9.59 Å². The van der Waals surface area contributed by atoms with Crippen molar-refractivity contribution in [1.29, 1.82) is 0 Å². The first-order chi connectivity index (χ1) is 10.6. The third-order valence-electron chi connectivity index (χ3n) is 4.66. The fraction of sp³-hybridized carbons (Fsp3) is 0.647. The molecule has 122 valence electrons. The minimum absolute atomic E-state index is 0.0508. The van der Waals surface area contributed by atoms with Gasteiger partial charge in [0.2, 0.25) is 5.91 Å². The molecule has 0 radical (unpaired) electrons. The normalized spacial score (nSPS) is 24.7. The first kappa shape index (κ1) is 17.0. The van der Waals surface area contributed by atoms with Gasteiger partial charge in [-0.15, -0.1) is 11.3 Å². The SMILES string of the molecule is CC1CCCC(NC(=O)CCCNC(=O)c2cccs2)C1C. The van der Waals surface area contributed by atoms with Gasteiger partial charge in [-0.2, -0.15) is 0 Å². The second kappa shape index (κ2) is 8.32. The maximum Gasteiger partial charge on any atom is 0.261 e. The van der Waals surface area contributed by atoms with Crippen molar-refractivity contribution in [1.82, 2.24) is 10.6 Å². The van der Waals surface area contributed by atoms with Gasteiger partial charge >= 0.3 is 0 Å². The van der Waals surface area contributed by atoms with E-state index in [4.69, 9.17) is 0 Å². The lowest BCUT2D eigenvalue weighted by molar-refractivity contribution is -0.122. The van der Waals surface area contributed by atoms with Gasteiger partial charge in [0.25, 0.3) is 5.91 Å². The van der Waals surface area contributed by atoms with Crippen LogP contribution in [0.2, 0.25) is 0 Å². The van der Waals surface area contributed by atoms with Gasteiger partial charge in [0.1, 0.15) is 0 Å². The number of carbonyl (C=O) groups is 2. The van der Waals surface area contributed by atoms with Crippen molar-refractivity contribution in [3.8, 4) is 0 Å². The van der Waals surface area contributed by atoms with Crippen molar-refractivity contribution in [2.24, 2.45) is 11.8 Å². The Morgan fingerprint density at radius 2 is 2.14 bits per heavy atom. The summed E-state index contributed by atoms with van der Waals surface area (Å²) in [6.07, 6.45) is 4.71. The standard InChI is InChI=1S/C17H26N2O2S/c1-12-6-3-7-14(13(12)2)19-16(20)9-4-10-18-17(21)15-8-5-11-22-15/h5,8,11-14H,3-4,6-7,9-10H2,1-2H3,(H,18,21)(H,19,20). The van der Waals surface area contributed by atoms with Crippen LogP contribution in [0.1, 0.15) is 55.6 Å². The van der Waals surface area contributed by atoms with Crippen LogP contribution in [0.3, 0.4) is 0 Å². The molecule has 2 amide bonds. The average molecular weight is 322 g/mol. The number of rotatable bonds is 6. The van der Waals surface area contributed by atoms with E-state index < -0.39 is 0 Å². The van der Waals surface area contributed by atoms with Gasteiger partial charge in [-0.1, -0.05) is 32.8 Å². The zero-order valence-corrected chi connectivity index (χ0v) is 14.2. The molecule has 0 saturated heterocycles. The molecule has 1 aromatic heterocycles. The van der Waals surface area contributed by atoms with Crippen LogP contribution in [-0.2, 0) is 4.79 Å². The van der Waals surface area contributed by atoms with Gasteiger partial charge in [0, 0.05) is 19.0 Å². The van der Waals surface area contributed by atoms with Crippen LogP contribution in [0.25, 0.3) is 0 Å². The lowest BCUT2D eigenvalue weighted by Crippen LogP contribution is -2.43. The number of amides is 2. The Kier molecular flexibility index (Phi) is 6.43. The predicted octanol–water partition coefficient (Wildman–Crippen LogP) is 3.20. The smallest absolute Gasteiger partial charge is 0.261 e. The maximum atomic E-state index is 12.0. The molecule has 5 heteroatoms. The summed E-state index contributed by atoms with van der Waals surface area (Å²) in [5.74, 6) is 1.29. The molecule has 2 N–H and O–H groups in total. The lowest BCUT2D eigenvalue weighted by atomic mass is 9.78. The summed E-state index contributed by atoms with van der Waals surface area (Å²) >= 11 is 1.43. The highest BCUT2D eigenvalue weighted by molar-refractivity contribution is 7.12. The van der Waals surface area contributed by atoms with E-state index in [1.54, 1.807) is 6.07 Å². The zero-order valence-electron chi connectivity index (χ0n) is 13.4. The first-order valence-corrected chi connectivity index (χ1v) is 9.07. The molecule has 1 saturated carbocycles. The summed E-state index contributed by atoms with van der Waals surface area (Å²) in [7, 11) is 0. The van der Waals surface area contributed by atoms with Crippen molar-refractivity contribution in [3.05, 3.63) is 22.4 Å². The number of thiophene rings is 1. The Balaban J connectivity index is 1.62. The Labute approximate surface area is 136 Å². The van der Waals surface area contributed by atoms with Gasteiger partial charge in [-0.25, -0.2) is 0 Å². The third kappa shape index (κ3) is 4.83. The van der Waals surface area contributed by atoms with Gasteiger partial charge in [-0.05, 0) is 36.1 Å². The van der Waals surface area contributed by atoms with Crippen molar-refractivity contribution in [2.75, 3.05) is 6.54 Å². The van der Waals surface area contributed by atoms with E-state index in [0.29, 0.717) is 37.3 Å². The molecule has 0 bridgehead atoms. The fourth-order valence-corrected chi connectivity index (χ4v) is 3.65. The molecule has 1 heterocycles. The van der Waals surface area contributed by atoms with Crippen LogP contribution >= 0.6 is 11.3 Å². The minimum Gasteiger partial charge on any atom is -0.353 e.